The van der Waals surface area contributed by atoms with E-state index in [2.05, 4.69) is 24.2 Å². The van der Waals surface area contributed by atoms with E-state index >= 15 is 0 Å². The summed E-state index contributed by atoms with van der Waals surface area (Å²) >= 11 is 0. The minimum atomic E-state index is 0.997. The molecule has 0 aromatic heterocycles. The van der Waals surface area contributed by atoms with Gasteiger partial charge in [0.1, 0.15) is 0 Å². The van der Waals surface area contributed by atoms with Gasteiger partial charge in [0.15, 0.2) is 0 Å². The van der Waals surface area contributed by atoms with Crippen molar-refractivity contribution < 1.29 is 0 Å². The summed E-state index contributed by atoms with van der Waals surface area (Å²) < 4.78 is 0. The topological polar surface area (TPSA) is 15.3 Å². The van der Waals surface area contributed by atoms with Gasteiger partial charge in [0.25, 0.3) is 0 Å². The highest BCUT2D eigenvalue weighted by Crippen LogP contribution is 2.24. The van der Waals surface area contributed by atoms with Crippen LogP contribution in [-0.2, 0) is 0 Å². The quantitative estimate of drug-likeness (QED) is 0.605. The number of nitrogens with zero attached hydrogens (tertiary/aromatic N) is 1. The number of likely N-dealkylation sites (N-methyl/N-ethyl adjacent to an activating group) is 1. The van der Waals surface area contributed by atoms with Crippen molar-refractivity contribution >= 4 is 0 Å². The first-order chi connectivity index (χ1) is 5.83. The van der Waals surface area contributed by atoms with E-state index in [9.17, 15) is 0 Å². The third-order valence-electron chi connectivity index (χ3n) is 2.87. The Morgan fingerprint density at radius 2 is 2.17 bits per heavy atom. The Morgan fingerprint density at radius 1 is 1.42 bits per heavy atom. The van der Waals surface area contributed by atoms with Crippen LogP contribution in [0.15, 0.2) is 0 Å². The van der Waals surface area contributed by atoms with Crippen LogP contribution in [0.2, 0.25) is 0 Å². The molecule has 0 saturated heterocycles. The predicted molar refractivity (Wildman–Crippen MR) is 53.4 cm³/mol. The fourth-order valence-electron chi connectivity index (χ4n) is 1.43. The number of rotatable bonds is 6. The summed E-state index contributed by atoms with van der Waals surface area (Å²) in [5, 5.41) is 3.51. The van der Waals surface area contributed by atoms with E-state index in [1.54, 1.807) is 0 Å². The van der Waals surface area contributed by atoms with E-state index < -0.39 is 0 Å². The molecule has 12 heavy (non-hydrogen) atoms. The van der Waals surface area contributed by atoms with Gasteiger partial charge in [-0.05, 0) is 38.9 Å². The fraction of sp³-hybridized carbons (Fsp3) is 1.00. The lowest BCUT2D eigenvalue weighted by Gasteiger charge is -2.26. The lowest BCUT2D eigenvalue weighted by molar-refractivity contribution is 0.289. The van der Waals surface area contributed by atoms with E-state index in [-0.39, 0.29) is 0 Å². The zero-order valence-electron chi connectivity index (χ0n) is 8.47. The van der Waals surface area contributed by atoms with Crippen LogP contribution < -0.4 is 5.32 Å². The highest BCUT2D eigenvalue weighted by atomic mass is 15.1. The molecule has 1 saturated carbocycles. The predicted octanol–water partition coefficient (Wildman–Crippen LogP) is 1.33. The van der Waals surface area contributed by atoms with Crippen LogP contribution in [0, 0.1) is 5.92 Å². The van der Waals surface area contributed by atoms with Crippen LogP contribution in [0.4, 0.5) is 0 Å². The first kappa shape index (κ1) is 10.0. The van der Waals surface area contributed by atoms with Gasteiger partial charge in [-0.3, -0.25) is 0 Å². The molecule has 1 aliphatic carbocycles. The van der Waals surface area contributed by atoms with Crippen LogP contribution >= 0.6 is 0 Å². The summed E-state index contributed by atoms with van der Waals surface area (Å²) in [6.07, 6.45) is 4.37. The van der Waals surface area contributed by atoms with Crippen LogP contribution in [0.1, 0.15) is 26.2 Å². The Balaban J connectivity index is 1.82. The molecule has 0 bridgehead atoms. The zero-order valence-corrected chi connectivity index (χ0v) is 8.47. The summed E-state index contributed by atoms with van der Waals surface area (Å²) in [6.45, 7) is 6.94. The van der Waals surface area contributed by atoms with Crippen molar-refractivity contribution in [1.82, 2.24) is 10.2 Å². The molecule has 0 spiro atoms. The van der Waals surface area contributed by atoms with Crippen molar-refractivity contribution in [2.45, 2.75) is 26.2 Å². The summed E-state index contributed by atoms with van der Waals surface area (Å²) in [7, 11) is 2.17. The molecule has 0 amide bonds. The minimum Gasteiger partial charge on any atom is -0.315 e. The molecule has 1 fully saturated rings. The third-order valence-corrected chi connectivity index (χ3v) is 2.87. The largest absolute Gasteiger partial charge is 0.315 e. The Hall–Kier alpha value is -0.0800. The van der Waals surface area contributed by atoms with Gasteiger partial charge in [-0.15, -0.1) is 0 Å². The Kier molecular flexibility index (Phi) is 4.62. The average Bonchev–Trinajstić information content (AvgIpc) is 2.00. The van der Waals surface area contributed by atoms with Gasteiger partial charge in [-0.2, -0.15) is 0 Å². The molecule has 2 heteroatoms. The molecule has 0 heterocycles. The lowest BCUT2D eigenvalue weighted by atomic mass is 9.85. The van der Waals surface area contributed by atoms with Crippen molar-refractivity contribution in [2.24, 2.45) is 5.92 Å². The second kappa shape index (κ2) is 5.55. The monoisotopic (exact) mass is 170 g/mol. The molecule has 1 N–H and O–H groups in total. The lowest BCUT2D eigenvalue weighted by Crippen LogP contribution is -2.33. The van der Waals surface area contributed by atoms with Gasteiger partial charge >= 0.3 is 0 Å². The summed E-state index contributed by atoms with van der Waals surface area (Å²) in [6, 6.07) is 0. The molecule has 0 atom stereocenters. The van der Waals surface area contributed by atoms with Gasteiger partial charge < -0.3 is 10.2 Å². The van der Waals surface area contributed by atoms with Gasteiger partial charge in [0.2, 0.25) is 0 Å². The first-order valence-corrected chi connectivity index (χ1v) is 5.22. The van der Waals surface area contributed by atoms with Crippen molar-refractivity contribution in [3.63, 3.8) is 0 Å². The molecule has 0 aromatic rings. The first-order valence-electron chi connectivity index (χ1n) is 5.22. The van der Waals surface area contributed by atoms with Crippen molar-refractivity contribution in [3.8, 4) is 0 Å². The van der Waals surface area contributed by atoms with Crippen LogP contribution in [-0.4, -0.2) is 38.1 Å². The molecular formula is C10H22N2. The average molecular weight is 170 g/mol. The van der Waals surface area contributed by atoms with Gasteiger partial charge in [-0.1, -0.05) is 13.3 Å². The van der Waals surface area contributed by atoms with Crippen LogP contribution in [0.25, 0.3) is 0 Å². The normalized spacial score (nSPS) is 18.2. The van der Waals surface area contributed by atoms with Crippen molar-refractivity contribution in [2.75, 3.05) is 33.2 Å². The Labute approximate surface area is 76.3 Å². The number of hydrogen-bond acceptors (Lipinski definition) is 2. The van der Waals surface area contributed by atoms with E-state index in [0.29, 0.717) is 0 Å². The molecule has 0 unspecified atom stereocenters. The molecule has 0 aliphatic heterocycles. The van der Waals surface area contributed by atoms with Crippen LogP contribution in [0.5, 0.6) is 0 Å². The van der Waals surface area contributed by atoms with Gasteiger partial charge in [-0.25, -0.2) is 0 Å². The second-order valence-corrected chi connectivity index (χ2v) is 3.90. The summed E-state index contributed by atoms with van der Waals surface area (Å²) in [5.74, 6) is 0.997. The molecule has 1 aliphatic rings. The Bertz CT molecular complexity index is 104. The Morgan fingerprint density at radius 3 is 2.67 bits per heavy atom. The van der Waals surface area contributed by atoms with E-state index in [4.69, 9.17) is 0 Å². The van der Waals surface area contributed by atoms with E-state index in [1.807, 2.05) is 0 Å². The summed E-state index contributed by atoms with van der Waals surface area (Å²) in [4.78, 5) is 2.34. The molecule has 1 rings (SSSR count). The van der Waals surface area contributed by atoms with Crippen molar-refractivity contribution in [3.05, 3.63) is 0 Å². The third kappa shape index (κ3) is 3.55. The van der Waals surface area contributed by atoms with E-state index in [1.165, 1.54) is 32.4 Å². The smallest absolute Gasteiger partial charge is 0.0104 e. The fourth-order valence-corrected chi connectivity index (χ4v) is 1.43. The SMILES string of the molecule is CCN(C)CCNCC1CCC1. The maximum atomic E-state index is 3.51. The van der Waals surface area contributed by atoms with E-state index in [0.717, 1.165) is 19.0 Å². The molecule has 0 aromatic carbocycles. The molecule has 72 valence electrons. The molecule has 0 radical (unpaired) electrons. The maximum Gasteiger partial charge on any atom is 0.0104 e. The highest BCUT2D eigenvalue weighted by molar-refractivity contribution is 4.71. The highest BCUT2D eigenvalue weighted by Gasteiger charge is 2.15. The standard InChI is InChI=1S/C10H22N2/c1-3-12(2)8-7-11-9-10-5-4-6-10/h10-11H,3-9H2,1-2H3. The summed E-state index contributed by atoms with van der Waals surface area (Å²) in [5.41, 5.74) is 0. The molecular weight excluding hydrogens is 148 g/mol. The maximum absolute atomic E-state index is 3.51. The molecule has 2 nitrogen and oxygen atoms in total. The minimum absolute atomic E-state index is 0.997. The number of nitrogens with one attached hydrogen (secondary N) is 1. The van der Waals surface area contributed by atoms with Crippen LogP contribution in [0.3, 0.4) is 0 Å². The van der Waals surface area contributed by atoms with Gasteiger partial charge in [0, 0.05) is 13.1 Å². The zero-order chi connectivity index (χ0) is 8.81. The van der Waals surface area contributed by atoms with Crippen molar-refractivity contribution in [1.29, 1.82) is 0 Å². The second-order valence-electron chi connectivity index (χ2n) is 3.90. The number of hydrogen-bond donors (Lipinski definition) is 1. The van der Waals surface area contributed by atoms with Gasteiger partial charge in [0.05, 0.1) is 0 Å².